The van der Waals surface area contributed by atoms with Crippen LogP contribution in [-0.4, -0.2) is 42.9 Å². The molecular formula is C26H26BrN3O2. The summed E-state index contributed by atoms with van der Waals surface area (Å²) >= 11 is 3.45. The van der Waals surface area contributed by atoms with E-state index in [1.54, 1.807) is 6.92 Å². The Kier molecular flexibility index (Phi) is 6.61. The number of nitrogens with one attached hydrogen (secondary N) is 1. The third-order valence-corrected chi connectivity index (χ3v) is 6.55. The van der Waals surface area contributed by atoms with Crippen LogP contribution in [0, 0.1) is 0 Å². The van der Waals surface area contributed by atoms with Crippen molar-refractivity contribution < 1.29 is 9.59 Å². The van der Waals surface area contributed by atoms with E-state index in [0.29, 0.717) is 5.56 Å². The van der Waals surface area contributed by atoms with Gasteiger partial charge in [-0.2, -0.15) is 0 Å². The molecule has 1 aliphatic rings. The SMILES string of the molecule is CC(=O)N(C)C1CCN(c2ccc(NC(=O)c3ccc(-c4ccc(Br)cc4)cc3)cc2)C1. The second-order valence-corrected chi connectivity index (χ2v) is 9.02. The Morgan fingerprint density at radius 1 is 0.938 bits per heavy atom. The molecule has 2 amide bonds. The van der Waals surface area contributed by atoms with Gasteiger partial charge in [-0.1, -0.05) is 40.2 Å². The zero-order valence-electron chi connectivity index (χ0n) is 18.2. The van der Waals surface area contributed by atoms with Crippen LogP contribution in [0.2, 0.25) is 0 Å². The van der Waals surface area contributed by atoms with Crippen LogP contribution in [0.3, 0.4) is 0 Å². The van der Waals surface area contributed by atoms with Crippen molar-refractivity contribution in [2.24, 2.45) is 0 Å². The molecule has 1 N–H and O–H groups in total. The highest BCUT2D eigenvalue weighted by Crippen LogP contribution is 2.25. The van der Waals surface area contributed by atoms with Crippen LogP contribution in [0.25, 0.3) is 11.1 Å². The van der Waals surface area contributed by atoms with Crippen molar-refractivity contribution in [1.82, 2.24) is 4.90 Å². The van der Waals surface area contributed by atoms with Crippen LogP contribution in [0.5, 0.6) is 0 Å². The van der Waals surface area contributed by atoms with Gasteiger partial charge in [0.25, 0.3) is 5.91 Å². The summed E-state index contributed by atoms with van der Waals surface area (Å²) in [6.07, 6.45) is 0.963. The standard InChI is InChI=1S/C26H26BrN3O2/c1-18(31)29(2)25-15-16-30(17-25)24-13-11-23(12-14-24)28-26(32)21-5-3-19(4-6-21)20-7-9-22(27)10-8-20/h3-14,25H,15-17H2,1-2H3,(H,28,32). The Bertz CT molecular complexity index is 1100. The number of anilines is 2. The van der Waals surface area contributed by atoms with Crippen molar-refractivity contribution in [2.45, 2.75) is 19.4 Å². The van der Waals surface area contributed by atoms with Crippen molar-refractivity contribution in [2.75, 3.05) is 30.4 Å². The minimum atomic E-state index is -0.135. The topological polar surface area (TPSA) is 52.7 Å². The monoisotopic (exact) mass is 491 g/mol. The average Bonchev–Trinajstić information content (AvgIpc) is 3.30. The number of hydrogen-bond donors (Lipinski definition) is 1. The van der Waals surface area contributed by atoms with Crippen molar-refractivity contribution in [3.63, 3.8) is 0 Å². The molecule has 0 bridgehead atoms. The first-order valence-corrected chi connectivity index (χ1v) is 11.5. The van der Waals surface area contributed by atoms with Crippen molar-refractivity contribution in [3.8, 4) is 11.1 Å². The van der Waals surface area contributed by atoms with E-state index in [1.807, 2.05) is 84.7 Å². The van der Waals surface area contributed by atoms with Crippen LogP contribution in [0.15, 0.2) is 77.3 Å². The van der Waals surface area contributed by atoms with Crippen LogP contribution in [-0.2, 0) is 4.79 Å². The molecule has 6 heteroatoms. The molecule has 3 aromatic carbocycles. The summed E-state index contributed by atoms with van der Waals surface area (Å²) in [5.41, 5.74) is 4.64. The van der Waals surface area contributed by atoms with Gasteiger partial charge in [-0.3, -0.25) is 9.59 Å². The van der Waals surface area contributed by atoms with E-state index in [9.17, 15) is 9.59 Å². The van der Waals surface area contributed by atoms with Gasteiger partial charge in [0.1, 0.15) is 0 Å². The van der Waals surface area contributed by atoms with Gasteiger partial charge in [-0.25, -0.2) is 0 Å². The third-order valence-electron chi connectivity index (χ3n) is 6.02. The Labute approximate surface area is 197 Å². The van der Waals surface area contributed by atoms with E-state index in [-0.39, 0.29) is 17.9 Å². The molecule has 3 aromatic rings. The predicted octanol–water partition coefficient (Wildman–Crippen LogP) is 5.43. The van der Waals surface area contributed by atoms with Crippen LogP contribution in [0.4, 0.5) is 11.4 Å². The molecule has 0 aromatic heterocycles. The van der Waals surface area contributed by atoms with E-state index >= 15 is 0 Å². The van der Waals surface area contributed by atoms with E-state index in [2.05, 4.69) is 26.1 Å². The van der Waals surface area contributed by atoms with E-state index in [0.717, 1.165) is 46.5 Å². The number of carbonyl (C=O) groups is 2. The molecule has 0 aliphatic carbocycles. The largest absolute Gasteiger partial charge is 0.369 e. The number of halogens is 1. The van der Waals surface area contributed by atoms with Crippen LogP contribution < -0.4 is 10.2 Å². The highest BCUT2D eigenvalue weighted by atomic mass is 79.9. The fourth-order valence-corrected chi connectivity index (χ4v) is 4.23. The quantitative estimate of drug-likeness (QED) is 0.517. The second-order valence-electron chi connectivity index (χ2n) is 8.10. The van der Waals surface area contributed by atoms with Gasteiger partial charge >= 0.3 is 0 Å². The van der Waals surface area contributed by atoms with E-state index in [4.69, 9.17) is 0 Å². The van der Waals surface area contributed by atoms with Gasteiger partial charge in [-0.05, 0) is 66.1 Å². The number of benzene rings is 3. The van der Waals surface area contributed by atoms with Gasteiger partial charge in [0.2, 0.25) is 5.91 Å². The molecule has 1 atom stereocenters. The zero-order valence-corrected chi connectivity index (χ0v) is 19.8. The lowest BCUT2D eigenvalue weighted by Gasteiger charge is -2.24. The first-order chi connectivity index (χ1) is 15.4. The maximum Gasteiger partial charge on any atom is 0.255 e. The summed E-state index contributed by atoms with van der Waals surface area (Å²) < 4.78 is 1.04. The van der Waals surface area contributed by atoms with Crippen LogP contribution >= 0.6 is 15.9 Å². The molecule has 32 heavy (non-hydrogen) atoms. The molecule has 1 fully saturated rings. The minimum Gasteiger partial charge on any atom is -0.369 e. The maximum atomic E-state index is 12.7. The molecule has 1 saturated heterocycles. The molecule has 164 valence electrons. The van der Waals surface area contributed by atoms with Gasteiger partial charge < -0.3 is 15.1 Å². The van der Waals surface area contributed by atoms with E-state index in [1.165, 1.54) is 0 Å². The molecule has 0 spiro atoms. The molecule has 0 radical (unpaired) electrons. The minimum absolute atomic E-state index is 0.0970. The Morgan fingerprint density at radius 3 is 2.12 bits per heavy atom. The second kappa shape index (κ2) is 9.57. The predicted molar refractivity (Wildman–Crippen MR) is 133 cm³/mol. The first-order valence-electron chi connectivity index (χ1n) is 10.7. The van der Waals surface area contributed by atoms with Gasteiger partial charge in [0.05, 0.1) is 6.04 Å². The molecule has 1 unspecified atom stereocenters. The van der Waals surface area contributed by atoms with Crippen molar-refractivity contribution >= 4 is 39.1 Å². The summed E-state index contributed by atoms with van der Waals surface area (Å²) in [6, 6.07) is 23.8. The smallest absolute Gasteiger partial charge is 0.255 e. The molecular weight excluding hydrogens is 466 g/mol. The van der Waals surface area contributed by atoms with Crippen molar-refractivity contribution in [3.05, 3.63) is 82.8 Å². The Balaban J connectivity index is 1.37. The number of rotatable bonds is 5. The number of amides is 2. The lowest BCUT2D eigenvalue weighted by Crippen LogP contribution is -2.37. The van der Waals surface area contributed by atoms with Gasteiger partial charge in [0, 0.05) is 48.5 Å². The summed E-state index contributed by atoms with van der Waals surface area (Å²) in [7, 11) is 1.86. The molecule has 1 heterocycles. The lowest BCUT2D eigenvalue weighted by atomic mass is 10.0. The fraction of sp³-hybridized carbons (Fsp3) is 0.231. The molecule has 4 rings (SSSR count). The molecule has 5 nitrogen and oxygen atoms in total. The summed E-state index contributed by atoms with van der Waals surface area (Å²) in [5.74, 6) is -0.0378. The van der Waals surface area contributed by atoms with Gasteiger partial charge in [-0.15, -0.1) is 0 Å². The van der Waals surface area contributed by atoms with Crippen molar-refractivity contribution in [1.29, 1.82) is 0 Å². The number of carbonyl (C=O) groups excluding carboxylic acids is 2. The van der Waals surface area contributed by atoms with Gasteiger partial charge in [0.15, 0.2) is 0 Å². The summed E-state index contributed by atoms with van der Waals surface area (Å²) in [4.78, 5) is 28.4. The first kappa shape index (κ1) is 22.1. The normalized spacial score (nSPS) is 15.5. The summed E-state index contributed by atoms with van der Waals surface area (Å²) in [6.45, 7) is 3.35. The number of likely N-dealkylation sites (N-methyl/N-ethyl adjacent to an activating group) is 1. The third kappa shape index (κ3) is 5.02. The fourth-order valence-electron chi connectivity index (χ4n) is 3.96. The highest BCUT2D eigenvalue weighted by molar-refractivity contribution is 9.10. The van der Waals surface area contributed by atoms with Crippen LogP contribution in [0.1, 0.15) is 23.7 Å². The maximum absolute atomic E-state index is 12.7. The highest BCUT2D eigenvalue weighted by Gasteiger charge is 2.27. The zero-order chi connectivity index (χ0) is 22.7. The number of hydrogen-bond acceptors (Lipinski definition) is 3. The van der Waals surface area contributed by atoms with E-state index < -0.39 is 0 Å². The Morgan fingerprint density at radius 2 is 1.53 bits per heavy atom. The average molecular weight is 492 g/mol. The Hall–Kier alpha value is -3.12. The molecule has 1 aliphatic heterocycles. The summed E-state index contributed by atoms with van der Waals surface area (Å²) in [5, 5.41) is 2.97. The molecule has 0 saturated carbocycles. The number of nitrogens with zero attached hydrogens (tertiary/aromatic N) is 2. The lowest BCUT2D eigenvalue weighted by molar-refractivity contribution is -0.129.